The van der Waals surface area contributed by atoms with Crippen LogP contribution < -0.4 is 18.9 Å². The summed E-state index contributed by atoms with van der Waals surface area (Å²) in [6.07, 6.45) is 0. The maximum Gasteiger partial charge on any atom is 1.00 e. The first-order valence-corrected chi connectivity index (χ1v) is 4.40. The molecule has 14 heavy (non-hydrogen) atoms. The molecule has 0 fully saturated rings. The molecule has 0 aromatic heterocycles. The van der Waals surface area contributed by atoms with E-state index in [-0.39, 0.29) is 18.9 Å². The van der Waals surface area contributed by atoms with Crippen molar-refractivity contribution in [2.24, 2.45) is 0 Å². The molecule has 0 heterocycles. The van der Waals surface area contributed by atoms with Gasteiger partial charge in [0.05, 0.1) is 0 Å². The number of aryl methyl sites for hydroxylation is 1. The van der Waals surface area contributed by atoms with Crippen molar-refractivity contribution in [2.45, 2.75) is 6.92 Å². The third-order valence-corrected chi connectivity index (χ3v) is 2.03. The van der Waals surface area contributed by atoms with Crippen LogP contribution in [0.4, 0.5) is 0 Å². The van der Waals surface area contributed by atoms with Crippen LogP contribution in [0.2, 0.25) is 0 Å². The van der Waals surface area contributed by atoms with Gasteiger partial charge in [-0.2, -0.15) is 0 Å². The molecule has 0 nitrogen and oxygen atoms in total. The zero-order chi connectivity index (χ0) is 9.10. The van der Waals surface area contributed by atoms with E-state index in [9.17, 15) is 0 Å². The third-order valence-electron chi connectivity index (χ3n) is 2.03. The minimum atomic E-state index is 0. The Kier molecular flexibility index (Phi) is 4.01. The Bertz CT molecular complexity index is 393. The van der Waals surface area contributed by atoms with Crippen LogP contribution in [0.1, 0.15) is 5.56 Å². The molecule has 1 heteroatoms. The average molecular weight is 174 g/mol. The van der Waals surface area contributed by atoms with E-state index in [1.165, 1.54) is 16.7 Å². The van der Waals surface area contributed by atoms with Crippen LogP contribution in [0.3, 0.4) is 0 Å². The van der Waals surface area contributed by atoms with E-state index in [2.05, 4.69) is 43.3 Å². The normalized spacial score (nSPS) is 9.21. The van der Waals surface area contributed by atoms with E-state index in [4.69, 9.17) is 0 Å². The van der Waals surface area contributed by atoms with Crippen LogP contribution in [-0.2, 0) is 0 Å². The zero-order valence-corrected chi connectivity index (χ0v) is 8.62. The summed E-state index contributed by atoms with van der Waals surface area (Å²) in [5, 5.41) is 0. The summed E-state index contributed by atoms with van der Waals surface area (Å²) in [7, 11) is 0. The summed E-state index contributed by atoms with van der Waals surface area (Å²) in [5.74, 6) is 0. The Labute approximate surface area is 97.2 Å². The SMILES string of the molecule is Cc1[c-]c(-c2ccccc2)ccc1.[Li+]. The second kappa shape index (κ2) is 5.05. The van der Waals surface area contributed by atoms with Crippen molar-refractivity contribution in [3.8, 4) is 11.1 Å². The van der Waals surface area contributed by atoms with Gasteiger partial charge in [0.15, 0.2) is 0 Å². The van der Waals surface area contributed by atoms with Gasteiger partial charge < -0.3 is 0 Å². The van der Waals surface area contributed by atoms with Gasteiger partial charge in [-0.15, -0.1) is 35.4 Å². The molecule has 0 saturated heterocycles. The van der Waals surface area contributed by atoms with Crippen molar-refractivity contribution in [3.63, 3.8) is 0 Å². The van der Waals surface area contributed by atoms with Crippen molar-refractivity contribution in [2.75, 3.05) is 0 Å². The quantitative estimate of drug-likeness (QED) is 0.435. The van der Waals surface area contributed by atoms with Crippen LogP contribution in [0, 0.1) is 13.0 Å². The maximum atomic E-state index is 3.32. The Morgan fingerprint density at radius 2 is 1.57 bits per heavy atom. The third kappa shape index (κ3) is 2.51. The predicted octanol–water partition coefficient (Wildman–Crippen LogP) is 0.466. The van der Waals surface area contributed by atoms with Gasteiger partial charge in [0, 0.05) is 0 Å². The van der Waals surface area contributed by atoms with Crippen LogP contribution in [0.25, 0.3) is 11.1 Å². The topological polar surface area (TPSA) is 0 Å². The summed E-state index contributed by atoms with van der Waals surface area (Å²) in [6.45, 7) is 2.06. The molecule has 2 rings (SSSR count). The van der Waals surface area contributed by atoms with E-state index in [1.54, 1.807) is 0 Å². The van der Waals surface area contributed by atoms with Crippen molar-refractivity contribution < 1.29 is 18.9 Å². The largest absolute Gasteiger partial charge is 1.00 e. The monoisotopic (exact) mass is 174 g/mol. The summed E-state index contributed by atoms with van der Waals surface area (Å²) in [4.78, 5) is 0. The fraction of sp³-hybridized carbons (Fsp3) is 0.0769. The van der Waals surface area contributed by atoms with Gasteiger partial charge in [0.25, 0.3) is 0 Å². The van der Waals surface area contributed by atoms with Gasteiger partial charge in [-0.25, -0.2) is 0 Å². The number of benzene rings is 2. The summed E-state index contributed by atoms with van der Waals surface area (Å²) >= 11 is 0. The number of hydrogen-bond acceptors (Lipinski definition) is 0. The molecular formula is C13H11Li. The fourth-order valence-electron chi connectivity index (χ4n) is 1.37. The molecule has 0 aliphatic rings. The second-order valence-corrected chi connectivity index (χ2v) is 3.11. The Morgan fingerprint density at radius 3 is 2.21 bits per heavy atom. The second-order valence-electron chi connectivity index (χ2n) is 3.11. The van der Waals surface area contributed by atoms with Gasteiger partial charge >= 0.3 is 18.9 Å². The molecule has 64 valence electrons. The molecule has 0 atom stereocenters. The van der Waals surface area contributed by atoms with Gasteiger partial charge in [-0.3, -0.25) is 0 Å². The summed E-state index contributed by atoms with van der Waals surface area (Å²) < 4.78 is 0. The van der Waals surface area contributed by atoms with E-state index in [0.717, 1.165) is 0 Å². The molecule has 0 spiro atoms. The molecular weight excluding hydrogens is 163 g/mol. The van der Waals surface area contributed by atoms with Crippen LogP contribution in [0.15, 0.2) is 48.5 Å². The first-order chi connectivity index (χ1) is 6.36. The molecule has 0 aliphatic carbocycles. The molecule has 0 radical (unpaired) electrons. The molecule has 2 aromatic carbocycles. The maximum absolute atomic E-state index is 3.32. The van der Waals surface area contributed by atoms with E-state index in [0.29, 0.717) is 0 Å². The van der Waals surface area contributed by atoms with Gasteiger partial charge in [0.1, 0.15) is 0 Å². The molecule has 2 aromatic rings. The minimum Gasteiger partial charge on any atom is -0.145 e. The number of hydrogen-bond donors (Lipinski definition) is 0. The van der Waals surface area contributed by atoms with Gasteiger partial charge in [-0.1, -0.05) is 42.8 Å². The van der Waals surface area contributed by atoms with Crippen LogP contribution in [0.5, 0.6) is 0 Å². The smallest absolute Gasteiger partial charge is 0.145 e. The van der Waals surface area contributed by atoms with E-state index in [1.807, 2.05) is 18.2 Å². The van der Waals surface area contributed by atoms with Gasteiger partial charge in [-0.05, 0) is 0 Å². The van der Waals surface area contributed by atoms with Crippen molar-refractivity contribution in [1.82, 2.24) is 0 Å². The zero-order valence-electron chi connectivity index (χ0n) is 8.62. The predicted molar refractivity (Wildman–Crippen MR) is 55.5 cm³/mol. The van der Waals surface area contributed by atoms with Crippen LogP contribution in [-0.4, -0.2) is 0 Å². The van der Waals surface area contributed by atoms with Crippen molar-refractivity contribution >= 4 is 0 Å². The first-order valence-electron chi connectivity index (χ1n) is 4.40. The molecule has 0 bridgehead atoms. The van der Waals surface area contributed by atoms with E-state index >= 15 is 0 Å². The fourth-order valence-corrected chi connectivity index (χ4v) is 1.37. The Morgan fingerprint density at radius 1 is 0.857 bits per heavy atom. The Balaban J connectivity index is 0.000000980. The molecule has 0 unspecified atom stereocenters. The molecule has 0 N–H and O–H groups in total. The minimum absolute atomic E-state index is 0. The van der Waals surface area contributed by atoms with Crippen LogP contribution >= 0.6 is 0 Å². The average Bonchev–Trinajstić information content (AvgIpc) is 2.19. The standard InChI is InChI=1S/C13H11.Li/c1-11-6-5-9-13(10-11)12-7-3-2-4-8-12;/h2-9H,1H3;/q-1;+1. The molecule has 0 saturated carbocycles. The number of rotatable bonds is 1. The summed E-state index contributed by atoms with van der Waals surface area (Å²) in [6, 6.07) is 19.9. The Hall–Kier alpha value is -0.963. The van der Waals surface area contributed by atoms with Crippen molar-refractivity contribution in [3.05, 3.63) is 60.2 Å². The van der Waals surface area contributed by atoms with Gasteiger partial charge in [0.2, 0.25) is 0 Å². The molecule has 0 aliphatic heterocycles. The van der Waals surface area contributed by atoms with Crippen molar-refractivity contribution in [1.29, 1.82) is 0 Å². The summed E-state index contributed by atoms with van der Waals surface area (Å²) in [5.41, 5.74) is 3.58. The first kappa shape index (κ1) is 11.1. The van der Waals surface area contributed by atoms with E-state index < -0.39 is 0 Å². The molecule has 0 amide bonds.